The van der Waals surface area contributed by atoms with E-state index in [-0.39, 0.29) is 18.8 Å². The highest BCUT2D eigenvalue weighted by Gasteiger charge is 2.42. The van der Waals surface area contributed by atoms with E-state index >= 15 is 0 Å². The Balaban J connectivity index is 1.51. The lowest BCUT2D eigenvalue weighted by molar-refractivity contribution is -0.185. The molecule has 0 amide bonds. The minimum atomic E-state index is -4.07. The summed E-state index contributed by atoms with van der Waals surface area (Å²) in [6.07, 6.45) is -1.50. The number of rotatable bonds is 3. The van der Waals surface area contributed by atoms with E-state index in [2.05, 4.69) is 12.1 Å². The zero-order valence-electron chi connectivity index (χ0n) is 11.9. The van der Waals surface area contributed by atoms with E-state index in [4.69, 9.17) is 0 Å². The first kappa shape index (κ1) is 14.9. The fourth-order valence-corrected chi connectivity index (χ4v) is 3.89. The molecule has 21 heavy (non-hydrogen) atoms. The van der Waals surface area contributed by atoms with Gasteiger partial charge in [-0.1, -0.05) is 24.3 Å². The van der Waals surface area contributed by atoms with Crippen LogP contribution in [0.4, 0.5) is 13.2 Å². The number of alkyl halides is 3. The van der Waals surface area contributed by atoms with Gasteiger partial charge in [0.2, 0.25) is 0 Å². The molecule has 0 saturated heterocycles. The van der Waals surface area contributed by atoms with Crippen LogP contribution in [0.1, 0.15) is 49.1 Å². The Labute approximate surface area is 123 Å². The van der Waals surface area contributed by atoms with Gasteiger partial charge in [-0.15, -0.1) is 0 Å². The van der Waals surface area contributed by atoms with E-state index in [0.29, 0.717) is 25.2 Å². The van der Waals surface area contributed by atoms with Crippen molar-refractivity contribution < 1.29 is 18.3 Å². The largest absolute Gasteiger partial charge is 0.393 e. The number of aliphatic hydroxyl groups is 1. The van der Waals surface area contributed by atoms with Gasteiger partial charge in [0.1, 0.15) is 0 Å². The second-order valence-electron chi connectivity index (χ2n) is 6.56. The van der Waals surface area contributed by atoms with Gasteiger partial charge in [-0.05, 0) is 61.5 Å². The number of benzene rings is 1. The second-order valence-corrected chi connectivity index (χ2v) is 6.56. The van der Waals surface area contributed by atoms with Crippen LogP contribution in [-0.2, 0) is 6.42 Å². The van der Waals surface area contributed by atoms with Crippen LogP contribution in [-0.4, -0.2) is 17.4 Å². The summed E-state index contributed by atoms with van der Waals surface area (Å²) in [7, 11) is 0. The Morgan fingerprint density at radius 2 is 1.76 bits per heavy atom. The molecule has 4 heteroatoms. The Hall–Kier alpha value is -1.03. The molecule has 2 unspecified atom stereocenters. The second kappa shape index (κ2) is 5.64. The minimum Gasteiger partial charge on any atom is -0.393 e. The smallest absolute Gasteiger partial charge is 0.391 e. The van der Waals surface area contributed by atoms with E-state index in [9.17, 15) is 18.3 Å². The lowest BCUT2D eigenvalue weighted by Gasteiger charge is -2.36. The van der Waals surface area contributed by atoms with Crippen molar-refractivity contribution in [3.63, 3.8) is 0 Å². The van der Waals surface area contributed by atoms with Crippen molar-refractivity contribution in [2.75, 3.05) is 0 Å². The molecule has 1 fully saturated rings. The molecular formula is C17H21F3O. The third-order valence-electron chi connectivity index (χ3n) is 5.27. The molecule has 1 aromatic carbocycles. The summed E-state index contributed by atoms with van der Waals surface area (Å²) in [6.45, 7) is 0. The highest BCUT2D eigenvalue weighted by atomic mass is 19.4. The lowest BCUT2D eigenvalue weighted by Crippen LogP contribution is -2.33. The normalized spacial score (nSPS) is 30.4. The van der Waals surface area contributed by atoms with E-state index in [1.165, 1.54) is 11.1 Å². The Kier molecular flexibility index (Phi) is 4.00. The van der Waals surface area contributed by atoms with Gasteiger partial charge < -0.3 is 5.11 Å². The SMILES string of the molecule is OC(CC1Cc2ccccc21)C1CCC(C(F)(F)F)CC1. The van der Waals surface area contributed by atoms with Crippen molar-refractivity contribution in [1.82, 2.24) is 0 Å². The van der Waals surface area contributed by atoms with Gasteiger partial charge >= 0.3 is 6.18 Å². The molecule has 0 radical (unpaired) electrons. The number of hydrogen-bond acceptors (Lipinski definition) is 1. The number of hydrogen-bond donors (Lipinski definition) is 1. The van der Waals surface area contributed by atoms with Crippen molar-refractivity contribution in [2.24, 2.45) is 11.8 Å². The van der Waals surface area contributed by atoms with Gasteiger partial charge in [0.15, 0.2) is 0 Å². The van der Waals surface area contributed by atoms with Crippen molar-refractivity contribution in [1.29, 1.82) is 0 Å². The fraction of sp³-hybridized carbons (Fsp3) is 0.647. The predicted molar refractivity (Wildman–Crippen MR) is 75.0 cm³/mol. The van der Waals surface area contributed by atoms with Gasteiger partial charge in [0, 0.05) is 0 Å². The van der Waals surface area contributed by atoms with E-state index in [1.807, 2.05) is 12.1 Å². The number of fused-ring (bicyclic) bond motifs is 1. The Morgan fingerprint density at radius 1 is 1.10 bits per heavy atom. The fourth-order valence-electron chi connectivity index (χ4n) is 3.89. The molecule has 1 saturated carbocycles. The average Bonchev–Trinajstić information content (AvgIpc) is 2.44. The van der Waals surface area contributed by atoms with Crippen LogP contribution in [0.3, 0.4) is 0 Å². The van der Waals surface area contributed by atoms with E-state index in [0.717, 1.165) is 6.42 Å². The Morgan fingerprint density at radius 3 is 2.38 bits per heavy atom. The molecule has 2 atom stereocenters. The molecule has 0 bridgehead atoms. The van der Waals surface area contributed by atoms with Crippen LogP contribution in [0.15, 0.2) is 24.3 Å². The summed E-state index contributed by atoms with van der Waals surface area (Å²) < 4.78 is 37.9. The molecule has 0 heterocycles. The van der Waals surface area contributed by atoms with Gasteiger partial charge in [0.25, 0.3) is 0 Å². The molecule has 0 aromatic heterocycles. The maximum Gasteiger partial charge on any atom is 0.391 e. The highest BCUT2D eigenvalue weighted by Crippen LogP contribution is 2.43. The van der Waals surface area contributed by atoms with Crippen molar-refractivity contribution in [3.05, 3.63) is 35.4 Å². The maximum atomic E-state index is 12.6. The third-order valence-corrected chi connectivity index (χ3v) is 5.27. The van der Waals surface area contributed by atoms with Crippen LogP contribution in [0, 0.1) is 11.8 Å². The van der Waals surface area contributed by atoms with Crippen LogP contribution < -0.4 is 0 Å². The third kappa shape index (κ3) is 3.10. The monoisotopic (exact) mass is 298 g/mol. The molecule has 1 N–H and O–H groups in total. The topological polar surface area (TPSA) is 20.2 Å². The summed E-state index contributed by atoms with van der Waals surface area (Å²) in [4.78, 5) is 0. The maximum absolute atomic E-state index is 12.6. The molecule has 3 rings (SSSR count). The zero-order chi connectivity index (χ0) is 15.0. The van der Waals surface area contributed by atoms with Crippen LogP contribution >= 0.6 is 0 Å². The lowest BCUT2D eigenvalue weighted by atomic mass is 9.71. The van der Waals surface area contributed by atoms with Gasteiger partial charge in [-0.25, -0.2) is 0 Å². The first-order chi connectivity index (χ1) is 9.95. The zero-order valence-corrected chi connectivity index (χ0v) is 11.9. The molecule has 1 aromatic rings. The van der Waals surface area contributed by atoms with Gasteiger partial charge in [0.05, 0.1) is 12.0 Å². The molecule has 2 aliphatic rings. The summed E-state index contributed by atoms with van der Waals surface area (Å²) in [5.74, 6) is -0.738. The van der Waals surface area contributed by atoms with Crippen LogP contribution in [0.2, 0.25) is 0 Å². The average molecular weight is 298 g/mol. The first-order valence-corrected chi connectivity index (χ1v) is 7.77. The van der Waals surface area contributed by atoms with Crippen molar-refractivity contribution in [2.45, 2.75) is 56.7 Å². The van der Waals surface area contributed by atoms with E-state index < -0.39 is 18.2 Å². The van der Waals surface area contributed by atoms with Crippen LogP contribution in [0.5, 0.6) is 0 Å². The molecule has 116 valence electrons. The number of aliphatic hydroxyl groups excluding tert-OH is 1. The molecular weight excluding hydrogens is 277 g/mol. The van der Waals surface area contributed by atoms with Gasteiger partial charge in [-0.2, -0.15) is 13.2 Å². The Bertz CT molecular complexity index is 489. The highest BCUT2D eigenvalue weighted by molar-refractivity contribution is 5.39. The molecule has 1 nitrogen and oxygen atoms in total. The van der Waals surface area contributed by atoms with E-state index in [1.54, 1.807) is 0 Å². The van der Waals surface area contributed by atoms with Gasteiger partial charge in [-0.3, -0.25) is 0 Å². The summed E-state index contributed by atoms with van der Waals surface area (Å²) in [5, 5.41) is 10.3. The minimum absolute atomic E-state index is 0.0383. The summed E-state index contributed by atoms with van der Waals surface area (Å²) in [6, 6.07) is 8.22. The van der Waals surface area contributed by atoms with Crippen molar-refractivity contribution in [3.8, 4) is 0 Å². The standard InChI is InChI=1S/C17H21F3O/c18-17(19,20)14-7-5-11(6-8-14)16(21)10-13-9-12-3-1-2-4-15(12)13/h1-4,11,13-14,16,21H,5-10H2. The molecule has 2 aliphatic carbocycles. The summed E-state index contributed by atoms with van der Waals surface area (Å²) >= 11 is 0. The predicted octanol–water partition coefficient (Wildman–Crippen LogP) is 4.45. The van der Waals surface area contributed by atoms with Crippen molar-refractivity contribution >= 4 is 0 Å². The quantitative estimate of drug-likeness (QED) is 0.874. The molecule has 0 aliphatic heterocycles. The van der Waals surface area contributed by atoms with Crippen LogP contribution in [0.25, 0.3) is 0 Å². The molecule has 0 spiro atoms. The number of halogens is 3. The summed E-state index contributed by atoms with van der Waals surface area (Å²) in [5.41, 5.74) is 2.65. The first-order valence-electron chi connectivity index (χ1n) is 7.77.